The summed E-state index contributed by atoms with van der Waals surface area (Å²) in [5.74, 6) is 1.11. The number of fused-ring (bicyclic) bond motifs is 1. The zero-order valence-electron chi connectivity index (χ0n) is 9.91. The molecule has 0 saturated carbocycles. The van der Waals surface area contributed by atoms with Gasteiger partial charge in [-0.25, -0.2) is 4.98 Å². The predicted octanol–water partition coefficient (Wildman–Crippen LogP) is 3.48. The van der Waals surface area contributed by atoms with Gasteiger partial charge >= 0.3 is 0 Å². The second-order valence-corrected chi connectivity index (χ2v) is 5.69. The number of aromatic amines is 1. The highest BCUT2D eigenvalue weighted by Crippen LogP contribution is 2.29. The molecule has 1 fully saturated rings. The standard InChI is InChI=1S/C13H16BrN3/c1-17-7-3-2-4-12(17)13-15-10-6-5-9(14)8-11(10)16-13/h5-6,8,12H,2-4,7H2,1H3,(H,15,16)/t12-/m0/s1. The van der Waals surface area contributed by atoms with Gasteiger partial charge in [0.2, 0.25) is 0 Å². The van der Waals surface area contributed by atoms with E-state index in [0.717, 1.165) is 21.3 Å². The lowest BCUT2D eigenvalue weighted by Crippen LogP contribution is -2.30. The van der Waals surface area contributed by atoms with Crippen molar-refractivity contribution in [2.24, 2.45) is 0 Å². The number of likely N-dealkylation sites (tertiary alicyclic amines) is 1. The van der Waals surface area contributed by atoms with E-state index in [1.165, 1.54) is 25.8 Å². The fraction of sp³-hybridized carbons (Fsp3) is 0.462. The van der Waals surface area contributed by atoms with Gasteiger partial charge in [-0.15, -0.1) is 0 Å². The number of halogens is 1. The maximum absolute atomic E-state index is 4.71. The van der Waals surface area contributed by atoms with Gasteiger partial charge in [0.05, 0.1) is 17.1 Å². The minimum absolute atomic E-state index is 0.454. The zero-order valence-corrected chi connectivity index (χ0v) is 11.5. The molecule has 0 amide bonds. The number of benzene rings is 1. The number of piperidine rings is 1. The van der Waals surface area contributed by atoms with Crippen LogP contribution in [0.3, 0.4) is 0 Å². The van der Waals surface area contributed by atoms with Crippen molar-refractivity contribution in [3.8, 4) is 0 Å². The van der Waals surface area contributed by atoms with Crippen molar-refractivity contribution in [2.75, 3.05) is 13.6 Å². The molecule has 4 heteroatoms. The molecule has 0 radical (unpaired) electrons. The van der Waals surface area contributed by atoms with Gasteiger partial charge in [0.15, 0.2) is 0 Å². The normalized spacial score (nSPS) is 22.1. The summed E-state index contributed by atoms with van der Waals surface area (Å²) in [6.07, 6.45) is 3.81. The van der Waals surface area contributed by atoms with Crippen LogP contribution >= 0.6 is 15.9 Å². The summed E-state index contributed by atoms with van der Waals surface area (Å²) < 4.78 is 1.09. The first-order chi connectivity index (χ1) is 8.24. The Morgan fingerprint density at radius 3 is 3.12 bits per heavy atom. The lowest BCUT2D eigenvalue weighted by molar-refractivity contribution is 0.180. The average Bonchev–Trinajstić information content (AvgIpc) is 2.72. The van der Waals surface area contributed by atoms with Gasteiger partial charge in [0, 0.05) is 4.47 Å². The minimum atomic E-state index is 0.454. The lowest BCUT2D eigenvalue weighted by Gasteiger charge is -2.30. The molecular formula is C13H16BrN3. The Bertz CT molecular complexity index is 534. The summed E-state index contributed by atoms with van der Waals surface area (Å²) in [5.41, 5.74) is 2.18. The van der Waals surface area contributed by atoms with Crippen molar-refractivity contribution < 1.29 is 0 Å². The molecule has 0 aliphatic carbocycles. The van der Waals surface area contributed by atoms with Crippen molar-refractivity contribution in [3.05, 3.63) is 28.5 Å². The van der Waals surface area contributed by atoms with Crippen molar-refractivity contribution >= 4 is 27.0 Å². The largest absolute Gasteiger partial charge is 0.341 e. The topological polar surface area (TPSA) is 31.9 Å². The maximum atomic E-state index is 4.71. The summed E-state index contributed by atoms with van der Waals surface area (Å²) in [6, 6.07) is 6.64. The Kier molecular flexibility index (Phi) is 2.92. The Balaban J connectivity index is 1.99. The maximum Gasteiger partial charge on any atom is 0.124 e. The molecule has 2 aromatic rings. The van der Waals surface area contributed by atoms with Crippen LogP contribution in [-0.4, -0.2) is 28.5 Å². The molecule has 3 rings (SSSR count). The summed E-state index contributed by atoms with van der Waals surface area (Å²) >= 11 is 3.49. The summed E-state index contributed by atoms with van der Waals surface area (Å²) in [5, 5.41) is 0. The first kappa shape index (κ1) is 11.2. The van der Waals surface area contributed by atoms with Crippen molar-refractivity contribution in [1.29, 1.82) is 0 Å². The van der Waals surface area contributed by atoms with Gasteiger partial charge in [-0.2, -0.15) is 0 Å². The molecule has 1 aromatic carbocycles. The van der Waals surface area contributed by atoms with E-state index in [2.05, 4.69) is 45.0 Å². The van der Waals surface area contributed by atoms with E-state index >= 15 is 0 Å². The quantitative estimate of drug-likeness (QED) is 0.873. The SMILES string of the molecule is CN1CCCC[C@H]1c1nc2ccc(Br)cc2[nH]1. The van der Waals surface area contributed by atoms with Crippen LogP contribution in [0, 0.1) is 0 Å². The number of H-pyrrole nitrogens is 1. The molecule has 0 unspecified atom stereocenters. The molecular weight excluding hydrogens is 278 g/mol. The minimum Gasteiger partial charge on any atom is -0.341 e. The molecule has 3 nitrogen and oxygen atoms in total. The third-order valence-electron chi connectivity index (χ3n) is 3.55. The monoisotopic (exact) mass is 293 g/mol. The molecule has 1 aliphatic heterocycles. The van der Waals surface area contributed by atoms with E-state index in [1.54, 1.807) is 0 Å². The van der Waals surface area contributed by atoms with E-state index < -0.39 is 0 Å². The molecule has 17 heavy (non-hydrogen) atoms. The predicted molar refractivity (Wildman–Crippen MR) is 73.0 cm³/mol. The molecule has 90 valence electrons. The number of hydrogen-bond acceptors (Lipinski definition) is 2. The van der Waals surface area contributed by atoms with E-state index in [4.69, 9.17) is 4.98 Å². The molecule has 1 aromatic heterocycles. The molecule has 1 saturated heterocycles. The van der Waals surface area contributed by atoms with Crippen LogP contribution in [0.15, 0.2) is 22.7 Å². The highest BCUT2D eigenvalue weighted by atomic mass is 79.9. The molecule has 1 atom stereocenters. The number of nitrogens with zero attached hydrogens (tertiary/aromatic N) is 2. The van der Waals surface area contributed by atoms with E-state index in [0.29, 0.717) is 6.04 Å². The van der Waals surface area contributed by atoms with Crippen molar-refractivity contribution in [2.45, 2.75) is 25.3 Å². The lowest BCUT2D eigenvalue weighted by atomic mass is 10.0. The first-order valence-corrected chi connectivity index (χ1v) is 6.89. The third-order valence-corrected chi connectivity index (χ3v) is 4.04. The van der Waals surface area contributed by atoms with Gasteiger partial charge in [0.25, 0.3) is 0 Å². The Morgan fingerprint density at radius 1 is 1.41 bits per heavy atom. The van der Waals surface area contributed by atoms with Gasteiger partial charge in [-0.3, -0.25) is 4.90 Å². The number of hydrogen-bond donors (Lipinski definition) is 1. The van der Waals surface area contributed by atoms with Gasteiger partial charge in [-0.05, 0) is 44.6 Å². The van der Waals surface area contributed by atoms with E-state index in [9.17, 15) is 0 Å². The second kappa shape index (κ2) is 4.42. The van der Waals surface area contributed by atoms with Crippen LogP contribution < -0.4 is 0 Å². The first-order valence-electron chi connectivity index (χ1n) is 6.09. The molecule has 0 bridgehead atoms. The molecule has 1 aliphatic rings. The van der Waals surface area contributed by atoms with Crippen LogP contribution in [0.2, 0.25) is 0 Å². The Hall–Kier alpha value is -0.870. The highest BCUT2D eigenvalue weighted by Gasteiger charge is 2.23. The number of aromatic nitrogens is 2. The van der Waals surface area contributed by atoms with Crippen molar-refractivity contribution in [1.82, 2.24) is 14.9 Å². The van der Waals surface area contributed by atoms with Gasteiger partial charge in [0.1, 0.15) is 5.82 Å². The average molecular weight is 294 g/mol. The summed E-state index contributed by atoms with van der Waals surface area (Å²) in [7, 11) is 2.19. The fourth-order valence-corrected chi connectivity index (χ4v) is 2.94. The summed E-state index contributed by atoms with van der Waals surface area (Å²) in [4.78, 5) is 10.6. The van der Waals surface area contributed by atoms with E-state index in [-0.39, 0.29) is 0 Å². The second-order valence-electron chi connectivity index (χ2n) is 4.78. The highest BCUT2D eigenvalue weighted by molar-refractivity contribution is 9.10. The molecule has 2 heterocycles. The smallest absolute Gasteiger partial charge is 0.124 e. The summed E-state index contributed by atoms with van der Waals surface area (Å²) in [6.45, 7) is 1.17. The van der Waals surface area contributed by atoms with Crippen LogP contribution in [0.25, 0.3) is 11.0 Å². The van der Waals surface area contributed by atoms with Crippen LogP contribution in [0.4, 0.5) is 0 Å². The van der Waals surface area contributed by atoms with Crippen LogP contribution in [0.1, 0.15) is 31.1 Å². The Labute approximate surface area is 109 Å². The van der Waals surface area contributed by atoms with Gasteiger partial charge in [-0.1, -0.05) is 22.4 Å². The van der Waals surface area contributed by atoms with Crippen LogP contribution in [-0.2, 0) is 0 Å². The van der Waals surface area contributed by atoms with Crippen molar-refractivity contribution in [3.63, 3.8) is 0 Å². The third kappa shape index (κ3) is 2.11. The zero-order chi connectivity index (χ0) is 11.8. The Morgan fingerprint density at radius 2 is 2.29 bits per heavy atom. The fourth-order valence-electron chi connectivity index (χ4n) is 2.58. The number of imidazole rings is 1. The van der Waals surface area contributed by atoms with Gasteiger partial charge < -0.3 is 4.98 Å². The van der Waals surface area contributed by atoms with E-state index in [1.807, 2.05) is 6.07 Å². The molecule has 1 N–H and O–H groups in total. The molecule has 0 spiro atoms. The number of rotatable bonds is 1. The number of nitrogens with one attached hydrogen (secondary N) is 1. The van der Waals surface area contributed by atoms with Crippen LogP contribution in [0.5, 0.6) is 0 Å².